The highest BCUT2D eigenvalue weighted by atomic mass is 19.1. The average Bonchev–Trinajstić information content (AvgIpc) is 2.95. The Bertz CT molecular complexity index is 1150. The molecule has 1 aliphatic heterocycles. The molecule has 0 atom stereocenters. The van der Waals surface area contributed by atoms with Crippen molar-refractivity contribution in [1.82, 2.24) is 20.1 Å². The summed E-state index contributed by atoms with van der Waals surface area (Å²) in [7, 11) is 2.12. The summed E-state index contributed by atoms with van der Waals surface area (Å²) in [6.45, 7) is 12.2. The lowest BCUT2D eigenvalue weighted by Crippen LogP contribution is -2.45. The number of piperazine rings is 1. The van der Waals surface area contributed by atoms with Gasteiger partial charge in [-0.25, -0.2) is 4.39 Å². The maximum atomic E-state index is 14.1. The molecule has 2 heterocycles. The summed E-state index contributed by atoms with van der Waals surface area (Å²) < 4.78 is 25.4. The van der Waals surface area contributed by atoms with Crippen LogP contribution in [0.4, 0.5) is 4.39 Å². The quantitative estimate of drug-likeness (QED) is 0.380. The van der Waals surface area contributed by atoms with Gasteiger partial charge in [0.25, 0.3) is 0 Å². The second-order valence-electron chi connectivity index (χ2n) is 9.24. The first kappa shape index (κ1) is 30.1. The predicted octanol–water partition coefficient (Wildman–Crippen LogP) is 4.80. The van der Waals surface area contributed by atoms with E-state index in [2.05, 4.69) is 27.1 Å². The van der Waals surface area contributed by atoms with Gasteiger partial charge in [0, 0.05) is 62.8 Å². The van der Waals surface area contributed by atoms with E-state index in [1.807, 2.05) is 57.2 Å². The maximum absolute atomic E-state index is 14.1. The molecule has 1 amide bonds. The molecule has 1 fully saturated rings. The molecule has 1 N–H and O–H groups in total. The van der Waals surface area contributed by atoms with Crippen LogP contribution in [0.3, 0.4) is 0 Å². The highest BCUT2D eigenvalue weighted by Gasteiger charge is 2.13. The lowest BCUT2D eigenvalue weighted by Gasteiger charge is -2.32. The Hall–Kier alpha value is -3.49. The zero-order valence-electron chi connectivity index (χ0n) is 23.6. The largest absolute Gasteiger partial charge is 0.494 e. The predicted molar refractivity (Wildman–Crippen MR) is 154 cm³/mol. The van der Waals surface area contributed by atoms with Crippen LogP contribution in [0.15, 0.2) is 60.8 Å². The number of nitrogens with one attached hydrogen (secondary N) is 1. The molecule has 1 aliphatic rings. The van der Waals surface area contributed by atoms with Gasteiger partial charge in [0.1, 0.15) is 23.9 Å². The lowest BCUT2D eigenvalue weighted by atomic mass is 10.1. The number of halogens is 1. The van der Waals surface area contributed by atoms with E-state index in [1.54, 1.807) is 12.3 Å². The molecule has 2 aromatic carbocycles. The minimum atomic E-state index is -0.382. The zero-order chi connectivity index (χ0) is 28.0. The van der Waals surface area contributed by atoms with Gasteiger partial charge in [-0.05, 0) is 55.4 Å². The Balaban J connectivity index is 0.00000205. The third-order valence-electron chi connectivity index (χ3n) is 6.36. The summed E-state index contributed by atoms with van der Waals surface area (Å²) in [4.78, 5) is 21.6. The van der Waals surface area contributed by atoms with Crippen molar-refractivity contribution in [2.45, 2.75) is 33.7 Å². The summed E-state index contributed by atoms with van der Waals surface area (Å²) in [6.07, 6.45) is 1.91. The number of pyridine rings is 1. The van der Waals surface area contributed by atoms with E-state index in [4.69, 9.17) is 9.47 Å². The van der Waals surface area contributed by atoms with Crippen molar-refractivity contribution in [2.75, 3.05) is 53.0 Å². The summed E-state index contributed by atoms with van der Waals surface area (Å²) in [5, 5.41) is 2.85. The van der Waals surface area contributed by atoms with Gasteiger partial charge in [0.2, 0.25) is 5.91 Å². The van der Waals surface area contributed by atoms with E-state index in [9.17, 15) is 9.18 Å². The van der Waals surface area contributed by atoms with Gasteiger partial charge in [0.15, 0.2) is 0 Å². The molecule has 210 valence electrons. The van der Waals surface area contributed by atoms with Crippen molar-refractivity contribution in [3.8, 4) is 22.6 Å². The second kappa shape index (κ2) is 15.8. The summed E-state index contributed by atoms with van der Waals surface area (Å²) in [5.41, 5.74) is 3.31. The number of nitrogens with zero attached hydrogens (tertiary/aromatic N) is 3. The van der Waals surface area contributed by atoms with Crippen LogP contribution in [0, 0.1) is 5.82 Å². The van der Waals surface area contributed by atoms with Crippen LogP contribution < -0.4 is 14.8 Å². The first-order valence-electron chi connectivity index (χ1n) is 13.8. The fourth-order valence-corrected chi connectivity index (χ4v) is 4.21. The summed E-state index contributed by atoms with van der Waals surface area (Å²) in [5.74, 6) is 0.746. The smallest absolute Gasteiger partial charge is 0.226 e. The van der Waals surface area contributed by atoms with Gasteiger partial charge < -0.3 is 19.7 Å². The first-order chi connectivity index (χ1) is 19.0. The monoisotopic (exact) mass is 536 g/mol. The summed E-state index contributed by atoms with van der Waals surface area (Å²) >= 11 is 0. The molecular formula is C31H41FN4O3. The number of rotatable bonds is 11. The van der Waals surface area contributed by atoms with E-state index in [-0.39, 0.29) is 24.7 Å². The minimum absolute atomic E-state index is 0.146. The standard InChI is InChI=1S/C29H35FN4O3.C2H6/c1-3-36-27-8-5-23(6-9-27)24-4-7-26(31-21-24)19-29(35)32-20-22-16-25(30)18-28(17-22)37-15-14-34-12-10-33(2)11-13-34;1-2/h4-9,16-18,21H,3,10-15,19-20H2,1-2H3,(H,32,35);1-2H3. The maximum Gasteiger partial charge on any atom is 0.226 e. The number of hydrogen-bond acceptors (Lipinski definition) is 6. The fraction of sp³-hybridized carbons (Fsp3) is 0.419. The van der Waals surface area contributed by atoms with Crippen molar-refractivity contribution < 1.29 is 18.7 Å². The number of carbonyl (C=O) groups excluding carboxylic acids is 1. The lowest BCUT2D eigenvalue weighted by molar-refractivity contribution is -0.120. The van der Waals surface area contributed by atoms with Crippen LogP contribution in [0.25, 0.3) is 11.1 Å². The first-order valence-corrected chi connectivity index (χ1v) is 13.8. The van der Waals surface area contributed by atoms with Crippen molar-refractivity contribution in [2.24, 2.45) is 0 Å². The molecule has 0 saturated carbocycles. The van der Waals surface area contributed by atoms with E-state index in [1.165, 1.54) is 12.1 Å². The number of aromatic nitrogens is 1. The molecule has 8 heteroatoms. The van der Waals surface area contributed by atoms with Gasteiger partial charge in [0.05, 0.1) is 13.0 Å². The third kappa shape index (κ3) is 9.96. The Morgan fingerprint density at radius 1 is 0.949 bits per heavy atom. The van der Waals surface area contributed by atoms with Crippen LogP contribution in [0.2, 0.25) is 0 Å². The van der Waals surface area contributed by atoms with Crippen LogP contribution in [-0.2, 0) is 17.8 Å². The van der Waals surface area contributed by atoms with Crippen molar-refractivity contribution in [1.29, 1.82) is 0 Å². The van der Waals surface area contributed by atoms with Crippen LogP contribution >= 0.6 is 0 Å². The molecule has 1 saturated heterocycles. The van der Waals surface area contributed by atoms with Crippen LogP contribution in [0.1, 0.15) is 32.0 Å². The second-order valence-corrected chi connectivity index (χ2v) is 9.24. The fourth-order valence-electron chi connectivity index (χ4n) is 4.21. The van der Waals surface area contributed by atoms with Crippen molar-refractivity contribution >= 4 is 5.91 Å². The van der Waals surface area contributed by atoms with E-state index >= 15 is 0 Å². The zero-order valence-corrected chi connectivity index (χ0v) is 23.6. The molecule has 3 aromatic rings. The number of carbonyl (C=O) groups is 1. The van der Waals surface area contributed by atoms with Gasteiger partial charge >= 0.3 is 0 Å². The minimum Gasteiger partial charge on any atom is -0.494 e. The average molecular weight is 537 g/mol. The molecule has 0 spiro atoms. The molecule has 4 rings (SSSR count). The van der Waals surface area contributed by atoms with Crippen LogP contribution in [-0.4, -0.2) is 73.7 Å². The highest BCUT2D eigenvalue weighted by Crippen LogP contribution is 2.22. The normalized spacial score (nSPS) is 13.8. The molecule has 39 heavy (non-hydrogen) atoms. The number of ether oxygens (including phenoxy) is 2. The molecular weight excluding hydrogens is 495 g/mol. The third-order valence-corrected chi connectivity index (χ3v) is 6.36. The van der Waals surface area contributed by atoms with Gasteiger partial charge in [-0.3, -0.25) is 14.7 Å². The summed E-state index contributed by atoms with van der Waals surface area (Å²) in [6, 6.07) is 16.2. The molecule has 0 bridgehead atoms. The number of benzene rings is 2. The van der Waals surface area contributed by atoms with Crippen LogP contribution in [0.5, 0.6) is 11.5 Å². The Morgan fingerprint density at radius 3 is 2.33 bits per heavy atom. The molecule has 0 radical (unpaired) electrons. The van der Waals surface area contributed by atoms with Crippen molar-refractivity contribution in [3.63, 3.8) is 0 Å². The Kier molecular flexibility index (Phi) is 12.2. The Labute approximate surface area is 231 Å². The molecule has 0 aliphatic carbocycles. The SMILES string of the molecule is CC.CCOc1ccc(-c2ccc(CC(=O)NCc3cc(F)cc(OCCN4CCN(C)CC4)c3)nc2)cc1. The molecule has 7 nitrogen and oxygen atoms in total. The molecule has 1 aromatic heterocycles. The van der Waals surface area contributed by atoms with E-state index in [0.717, 1.165) is 49.6 Å². The highest BCUT2D eigenvalue weighted by molar-refractivity contribution is 5.78. The number of amides is 1. The van der Waals surface area contributed by atoms with Gasteiger partial charge in [-0.15, -0.1) is 0 Å². The number of likely N-dealkylation sites (N-methyl/N-ethyl adjacent to an activating group) is 1. The topological polar surface area (TPSA) is 66.9 Å². The Morgan fingerprint density at radius 2 is 1.67 bits per heavy atom. The van der Waals surface area contributed by atoms with E-state index in [0.29, 0.717) is 30.2 Å². The van der Waals surface area contributed by atoms with E-state index < -0.39 is 0 Å². The van der Waals surface area contributed by atoms with Crippen molar-refractivity contribution in [3.05, 3.63) is 77.9 Å². The molecule has 0 unspecified atom stereocenters. The van der Waals surface area contributed by atoms with Gasteiger partial charge in [-0.1, -0.05) is 32.0 Å². The number of hydrogen-bond donors (Lipinski definition) is 1. The van der Waals surface area contributed by atoms with Gasteiger partial charge in [-0.2, -0.15) is 0 Å².